The lowest BCUT2D eigenvalue weighted by Crippen LogP contribution is -2.45. The minimum absolute atomic E-state index is 0.00852. The van der Waals surface area contributed by atoms with E-state index < -0.39 is 12.2 Å². The van der Waals surface area contributed by atoms with E-state index in [0.717, 1.165) is 11.9 Å². The zero-order chi connectivity index (χ0) is 21.9. The van der Waals surface area contributed by atoms with Crippen LogP contribution >= 0.6 is 0 Å². The molecule has 1 amide bonds. The summed E-state index contributed by atoms with van der Waals surface area (Å²) in [7, 11) is 4.05. The monoisotopic (exact) mass is 419 g/mol. The quantitative estimate of drug-likeness (QED) is 0.745. The maximum Gasteiger partial charge on any atom is 0.297 e. The molecule has 1 fully saturated rings. The van der Waals surface area contributed by atoms with Crippen molar-refractivity contribution in [1.82, 2.24) is 20.2 Å². The third kappa shape index (κ3) is 5.41. The summed E-state index contributed by atoms with van der Waals surface area (Å²) in [6.07, 6.45) is -1.38. The van der Waals surface area contributed by atoms with Crippen LogP contribution < -0.4 is 10.2 Å². The first-order valence-electron chi connectivity index (χ1n) is 10.4. The highest BCUT2D eigenvalue weighted by molar-refractivity contribution is 5.89. The number of hydrogen-bond donors (Lipinski definition) is 1. The number of nitrogens with one attached hydrogen (secondary N) is 1. The second-order valence-electron chi connectivity index (χ2n) is 9.10. The molecule has 1 N–H and O–H groups in total. The summed E-state index contributed by atoms with van der Waals surface area (Å²) >= 11 is 0. The zero-order valence-electron chi connectivity index (χ0n) is 18.2. The molecule has 30 heavy (non-hydrogen) atoms. The lowest BCUT2D eigenvalue weighted by atomic mass is 9.91. The number of para-hydroxylation sites is 1. The van der Waals surface area contributed by atoms with Crippen molar-refractivity contribution in [3.63, 3.8) is 0 Å². The van der Waals surface area contributed by atoms with Crippen LogP contribution in [0.3, 0.4) is 0 Å². The van der Waals surface area contributed by atoms with Crippen LogP contribution in [0.1, 0.15) is 38.9 Å². The van der Waals surface area contributed by atoms with Gasteiger partial charge in [-0.2, -0.15) is 0 Å². The van der Waals surface area contributed by atoms with E-state index in [1.165, 1.54) is 0 Å². The fourth-order valence-corrected chi connectivity index (χ4v) is 4.15. The van der Waals surface area contributed by atoms with Crippen LogP contribution in [-0.2, 0) is 4.79 Å². The predicted octanol–water partition coefficient (Wildman–Crippen LogP) is 3.49. The van der Waals surface area contributed by atoms with E-state index in [4.69, 9.17) is 0 Å². The van der Waals surface area contributed by atoms with Crippen molar-refractivity contribution in [3.8, 4) is 0 Å². The molecule has 0 atom stereocenters. The molecule has 1 saturated heterocycles. The van der Waals surface area contributed by atoms with E-state index in [1.54, 1.807) is 12.1 Å². The van der Waals surface area contributed by atoms with Gasteiger partial charge < -0.3 is 15.1 Å². The Hall–Kier alpha value is -2.35. The van der Waals surface area contributed by atoms with Crippen molar-refractivity contribution >= 4 is 22.6 Å². The fourth-order valence-electron chi connectivity index (χ4n) is 4.15. The number of rotatable bonds is 7. The Morgan fingerprint density at radius 2 is 1.90 bits per heavy atom. The Labute approximate surface area is 176 Å². The summed E-state index contributed by atoms with van der Waals surface area (Å²) in [6, 6.07) is 7.21. The Kier molecular flexibility index (Phi) is 6.85. The number of benzene rings is 1. The number of amides is 1. The van der Waals surface area contributed by atoms with Gasteiger partial charge in [0.15, 0.2) is 5.82 Å². The third-order valence-electron chi connectivity index (χ3n) is 5.45. The molecule has 1 aromatic carbocycles. The highest BCUT2D eigenvalue weighted by Crippen LogP contribution is 2.30. The molecule has 0 spiro atoms. The first kappa shape index (κ1) is 22.3. The minimum atomic E-state index is -2.72. The number of hydrogen-bond acceptors (Lipinski definition) is 5. The SMILES string of the molecule is CN(C)CC(C)(C)CNC(=O)C1CCN(c2nc(C(F)F)nc3ccccc23)CC1. The van der Waals surface area contributed by atoms with E-state index in [0.29, 0.717) is 43.8 Å². The van der Waals surface area contributed by atoms with Crippen molar-refractivity contribution in [2.45, 2.75) is 33.1 Å². The fraction of sp³-hybridized carbons (Fsp3) is 0.591. The van der Waals surface area contributed by atoms with Crippen LogP contribution in [0.2, 0.25) is 0 Å². The van der Waals surface area contributed by atoms with Crippen LogP contribution in [0.25, 0.3) is 10.9 Å². The van der Waals surface area contributed by atoms with Gasteiger partial charge in [0, 0.05) is 37.5 Å². The number of piperidine rings is 1. The Bertz CT molecular complexity index is 879. The maximum atomic E-state index is 13.3. The standard InChI is InChI=1S/C22H31F2N5O/c1-22(2,14-28(3)4)13-25-21(30)15-9-11-29(12-10-15)20-16-7-5-6-8-17(16)26-19(27-20)18(23)24/h5-8,15,18H,9-14H2,1-4H3,(H,25,30). The number of fused-ring (bicyclic) bond motifs is 1. The number of carbonyl (C=O) groups is 1. The highest BCUT2D eigenvalue weighted by Gasteiger charge is 2.29. The van der Waals surface area contributed by atoms with Crippen LogP contribution in [0.15, 0.2) is 24.3 Å². The van der Waals surface area contributed by atoms with Gasteiger partial charge in [0.05, 0.1) is 5.52 Å². The average Bonchev–Trinajstić information content (AvgIpc) is 2.70. The summed E-state index contributed by atoms with van der Waals surface area (Å²) in [4.78, 5) is 24.9. The minimum Gasteiger partial charge on any atom is -0.356 e. The molecular formula is C22H31F2N5O. The summed E-state index contributed by atoms with van der Waals surface area (Å²) in [6.45, 7) is 6.98. The molecule has 0 aliphatic carbocycles. The Morgan fingerprint density at radius 1 is 1.23 bits per heavy atom. The number of alkyl halides is 2. The van der Waals surface area contributed by atoms with E-state index >= 15 is 0 Å². The van der Waals surface area contributed by atoms with E-state index in [2.05, 4.69) is 34.0 Å². The summed E-state index contributed by atoms with van der Waals surface area (Å²) in [5.41, 5.74) is 0.506. The molecule has 164 valence electrons. The van der Waals surface area contributed by atoms with Crippen LogP contribution in [0, 0.1) is 11.3 Å². The smallest absolute Gasteiger partial charge is 0.297 e. The number of nitrogens with zero attached hydrogens (tertiary/aromatic N) is 4. The van der Waals surface area contributed by atoms with Crippen molar-refractivity contribution in [2.24, 2.45) is 11.3 Å². The maximum absolute atomic E-state index is 13.3. The van der Waals surface area contributed by atoms with Gasteiger partial charge in [0.25, 0.3) is 6.43 Å². The highest BCUT2D eigenvalue weighted by atomic mass is 19.3. The Balaban J connectivity index is 1.65. The van der Waals surface area contributed by atoms with Crippen molar-refractivity contribution in [2.75, 3.05) is 45.2 Å². The molecule has 1 aliphatic heterocycles. The number of aromatic nitrogens is 2. The Morgan fingerprint density at radius 3 is 2.53 bits per heavy atom. The van der Waals surface area contributed by atoms with Gasteiger partial charge in [-0.15, -0.1) is 0 Å². The van der Waals surface area contributed by atoms with Gasteiger partial charge in [0.2, 0.25) is 5.91 Å². The number of halogens is 2. The largest absolute Gasteiger partial charge is 0.356 e. The first-order valence-corrected chi connectivity index (χ1v) is 10.4. The molecule has 6 nitrogen and oxygen atoms in total. The molecule has 2 heterocycles. The van der Waals surface area contributed by atoms with Crippen molar-refractivity contribution < 1.29 is 13.6 Å². The van der Waals surface area contributed by atoms with E-state index in [1.807, 2.05) is 31.1 Å². The second-order valence-corrected chi connectivity index (χ2v) is 9.10. The normalized spacial score (nSPS) is 15.9. The molecule has 0 unspecified atom stereocenters. The molecule has 3 rings (SSSR count). The van der Waals surface area contributed by atoms with Crippen LogP contribution in [-0.4, -0.2) is 61.0 Å². The molecule has 0 bridgehead atoms. The predicted molar refractivity (Wildman–Crippen MR) is 115 cm³/mol. The van der Waals surface area contributed by atoms with Gasteiger partial charge in [-0.25, -0.2) is 18.7 Å². The molecule has 1 aliphatic rings. The van der Waals surface area contributed by atoms with Crippen LogP contribution in [0.4, 0.5) is 14.6 Å². The number of anilines is 1. The molecule has 2 aromatic rings. The van der Waals surface area contributed by atoms with E-state index in [-0.39, 0.29) is 17.2 Å². The zero-order valence-corrected chi connectivity index (χ0v) is 18.2. The summed E-state index contributed by atoms with van der Waals surface area (Å²) in [5, 5.41) is 3.86. The third-order valence-corrected chi connectivity index (χ3v) is 5.45. The molecule has 8 heteroatoms. The average molecular weight is 420 g/mol. The molecule has 0 radical (unpaired) electrons. The van der Waals surface area contributed by atoms with Crippen molar-refractivity contribution in [1.29, 1.82) is 0 Å². The first-order chi connectivity index (χ1) is 14.2. The summed E-state index contributed by atoms with van der Waals surface area (Å²) in [5.74, 6) is 0.0786. The lowest BCUT2D eigenvalue weighted by molar-refractivity contribution is -0.126. The van der Waals surface area contributed by atoms with Gasteiger partial charge >= 0.3 is 0 Å². The molecular weight excluding hydrogens is 388 g/mol. The molecule has 1 aromatic heterocycles. The molecule has 0 saturated carbocycles. The van der Waals surface area contributed by atoms with Gasteiger partial charge in [-0.05, 0) is 44.5 Å². The van der Waals surface area contributed by atoms with Crippen molar-refractivity contribution in [3.05, 3.63) is 30.1 Å². The lowest BCUT2D eigenvalue weighted by Gasteiger charge is -2.34. The topological polar surface area (TPSA) is 61.4 Å². The van der Waals surface area contributed by atoms with Gasteiger partial charge in [0.1, 0.15) is 5.82 Å². The van der Waals surface area contributed by atoms with Gasteiger partial charge in [-0.1, -0.05) is 26.0 Å². The second kappa shape index (κ2) is 9.20. The summed E-state index contributed by atoms with van der Waals surface area (Å²) < 4.78 is 26.5. The van der Waals surface area contributed by atoms with E-state index in [9.17, 15) is 13.6 Å². The van der Waals surface area contributed by atoms with Crippen LogP contribution in [0.5, 0.6) is 0 Å². The van der Waals surface area contributed by atoms with Gasteiger partial charge in [-0.3, -0.25) is 4.79 Å². The number of carbonyl (C=O) groups excluding carboxylic acids is 1.